The van der Waals surface area contributed by atoms with Crippen molar-refractivity contribution >= 4 is 67.9 Å². The molecule has 25 nitrogen and oxygen atoms in total. The van der Waals surface area contributed by atoms with Gasteiger partial charge in [-0.25, -0.2) is 17.8 Å². The van der Waals surface area contributed by atoms with Gasteiger partial charge in [0.15, 0.2) is 11.5 Å². The normalized spacial score (nSPS) is 13.8. The predicted octanol–water partition coefficient (Wildman–Crippen LogP) is 7.47. The number of hydrogen-bond acceptors (Lipinski definition) is 18. The number of fused-ring (bicyclic) bond motifs is 2. The number of nitro benzene ring substituents is 2. The SMILES string of the molecule is CCN(CC)c1ccc2c(-c3ccccc3C(=O)N3CCCC3C(=O)NC(CS(=O)(=O)[O-])C(=O)NCCCCCC(=O)NCCOc3cc([N+](=O)[O-])c(C(C)OC(=O)Oc4ccc([N+](=O)[O-])cc4)cc3OC)c3ccc(=[N+](CC)CC)cc-3oc2c1. The largest absolute Gasteiger partial charge is 0.748 e. The van der Waals surface area contributed by atoms with Crippen molar-refractivity contribution in [1.29, 1.82) is 0 Å². The fourth-order valence-electron chi connectivity index (χ4n) is 10.4. The number of ether oxygens (including phenoxy) is 4. The number of non-ortho nitro benzene ring substituents is 1. The number of carbonyl (C=O) groups excluding carboxylic acids is 5. The van der Waals surface area contributed by atoms with Crippen LogP contribution in [0.25, 0.3) is 33.4 Å². The van der Waals surface area contributed by atoms with E-state index in [0.29, 0.717) is 48.2 Å². The zero-order valence-corrected chi connectivity index (χ0v) is 49.5. The lowest BCUT2D eigenvalue weighted by Crippen LogP contribution is -2.55. The van der Waals surface area contributed by atoms with Crippen molar-refractivity contribution in [1.82, 2.24) is 25.4 Å². The summed E-state index contributed by atoms with van der Waals surface area (Å²) in [6.07, 6.45) is -0.599. The molecule has 4 amide bonds. The van der Waals surface area contributed by atoms with Gasteiger partial charge in [-0.3, -0.25) is 39.4 Å². The zero-order valence-electron chi connectivity index (χ0n) is 48.7. The van der Waals surface area contributed by atoms with Gasteiger partial charge in [-0.15, -0.1) is 0 Å². The molecule has 1 aliphatic carbocycles. The molecule has 3 atom stereocenters. The lowest BCUT2D eigenvalue weighted by atomic mass is 9.90. The summed E-state index contributed by atoms with van der Waals surface area (Å²) in [4.78, 5) is 92.9. The van der Waals surface area contributed by atoms with E-state index in [2.05, 4.69) is 53.1 Å². The smallest absolute Gasteiger partial charge is 0.514 e. The van der Waals surface area contributed by atoms with Crippen molar-refractivity contribution < 1.29 is 70.2 Å². The zero-order chi connectivity index (χ0) is 62.2. The molecule has 0 bridgehead atoms. The van der Waals surface area contributed by atoms with E-state index < -0.39 is 73.5 Å². The van der Waals surface area contributed by atoms with Crippen molar-refractivity contribution in [2.24, 2.45) is 0 Å². The minimum absolute atomic E-state index is 0.00661. The van der Waals surface area contributed by atoms with Crippen LogP contribution in [0.15, 0.2) is 101 Å². The van der Waals surface area contributed by atoms with E-state index in [1.807, 2.05) is 48.5 Å². The number of benzene rings is 5. The van der Waals surface area contributed by atoms with Gasteiger partial charge in [0.05, 0.1) is 57.1 Å². The van der Waals surface area contributed by atoms with Crippen molar-refractivity contribution in [3.63, 3.8) is 0 Å². The molecule has 3 N–H and O–H groups in total. The van der Waals surface area contributed by atoms with Gasteiger partial charge in [0.1, 0.15) is 55.0 Å². The van der Waals surface area contributed by atoms with Gasteiger partial charge in [-0.1, -0.05) is 24.6 Å². The molecule has 4 aromatic rings. The Bertz CT molecular complexity index is 3620. The van der Waals surface area contributed by atoms with Crippen LogP contribution in [0.5, 0.6) is 17.2 Å². The van der Waals surface area contributed by atoms with Gasteiger partial charge >= 0.3 is 6.16 Å². The van der Waals surface area contributed by atoms with Gasteiger partial charge < -0.3 is 53.7 Å². The molecule has 0 radical (unpaired) electrons. The molecule has 26 heteroatoms. The van der Waals surface area contributed by atoms with Crippen LogP contribution in [-0.2, 0) is 29.2 Å². The average Bonchev–Trinajstić information content (AvgIpc) is 1.17. The Labute approximate surface area is 496 Å². The molecule has 1 saturated heterocycles. The third-order valence-corrected chi connectivity index (χ3v) is 15.5. The highest BCUT2D eigenvalue weighted by Gasteiger charge is 2.38. The van der Waals surface area contributed by atoms with Gasteiger partial charge in [-0.2, -0.15) is 0 Å². The maximum absolute atomic E-state index is 14.9. The molecule has 1 fully saturated rings. The molecule has 2 aliphatic heterocycles. The Morgan fingerprint density at radius 3 is 2.23 bits per heavy atom. The first-order valence-electron chi connectivity index (χ1n) is 28.3. The van der Waals surface area contributed by atoms with Crippen LogP contribution in [0.2, 0.25) is 0 Å². The Balaban J connectivity index is 0.921. The molecule has 3 aliphatic rings. The van der Waals surface area contributed by atoms with Crippen molar-refractivity contribution in [3.8, 4) is 39.7 Å². The fraction of sp³-hybridized carbons (Fsp3) is 0.400. The first-order chi connectivity index (χ1) is 41.2. The van der Waals surface area contributed by atoms with Crippen LogP contribution < -0.4 is 45.0 Å². The topological polar surface area (TPSA) is 324 Å². The Kier molecular flexibility index (Phi) is 22.1. The number of carbonyl (C=O) groups is 5. The first kappa shape index (κ1) is 64.4. The van der Waals surface area contributed by atoms with Crippen LogP contribution in [0.4, 0.5) is 21.9 Å². The van der Waals surface area contributed by atoms with Crippen LogP contribution in [-0.4, -0.2) is 135 Å². The summed E-state index contributed by atoms with van der Waals surface area (Å²) in [6, 6.07) is 23.3. The molecule has 458 valence electrons. The van der Waals surface area contributed by atoms with E-state index in [0.717, 1.165) is 71.9 Å². The Hall–Kier alpha value is -9.17. The minimum Gasteiger partial charge on any atom is -0.748 e. The van der Waals surface area contributed by atoms with Gasteiger partial charge in [0, 0.05) is 84.6 Å². The standard InChI is InChI=1S/C60H70N8O17S/c1-7-64(8-2)40-23-27-45-51(33-40)85-52-34-41(65(9-3)10-4)24-28-46(52)56(45)43-17-13-14-18-44(43)59(72)66-31-16-19-49(66)58(71)63-48(37-86(78,79)80)57(70)62-29-15-11-12-20-55(69)61-30-32-82-54-36-50(68(76)77)47(35-53(54)81-6)38(5)83-60(73)84-42-25-21-39(22-26-42)67(74)75/h13-14,17-18,21-28,33-36,38,48-49H,7-12,15-16,19-20,29-32,37H2,1-6H3,(H3-,61,62,63,69,70,71,78,79,80). The molecule has 0 saturated carbocycles. The van der Waals surface area contributed by atoms with Crippen LogP contribution >= 0.6 is 0 Å². The maximum atomic E-state index is 14.9. The van der Waals surface area contributed by atoms with Gasteiger partial charge in [0.25, 0.3) is 17.3 Å². The van der Waals surface area contributed by atoms with E-state index in [4.69, 9.17) is 23.4 Å². The number of methoxy groups -OCH3 is 1. The summed E-state index contributed by atoms with van der Waals surface area (Å²) < 4.78 is 66.5. The fourth-order valence-corrected chi connectivity index (χ4v) is 11.0. The summed E-state index contributed by atoms with van der Waals surface area (Å²) in [5, 5.41) is 32.5. The van der Waals surface area contributed by atoms with Crippen molar-refractivity contribution in [2.45, 2.75) is 91.3 Å². The number of unbranched alkanes of at least 4 members (excludes halogenated alkanes) is 2. The Morgan fingerprint density at radius 2 is 1.56 bits per heavy atom. The summed E-state index contributed by atoms with van der Waals surface area (Å²) in [6.45, 7) is 12.9. The molecule has 0 spiro atoms. The highest BCUT2D eigenvalue weighted by atomic mass is 32.2. The lowest BCUT2D eigenvalue weighted by Gasteiger charge is -2.28. The number of nitro groups is 2. The van der Waals surface area contributed by atoms with Crippen LogP contribution in [0, 0.1) is 20.2 Å². The number of likely N-dealkylation sites (tertiary alicyclic amines) is 1. The monoisotopic (exact) mass is 1210 g/mol. The molecule has 2 heterocycles. The average molecular weight is 1210 g/mol. The molecule has 4 aromatic carbocycles. The van der Waals surface area contributed by atoms with Crippen LogP contribution in [0.3, 0.4) is 0 Å². The number of nitrogens with zero attached hydrogens (tertiary/aromatic N) is 5. The lowest BCUT2D eigenvalue weighted by molar-refractivity contribution is -0.386. The second-order valence-corrected chi connectivity index (χ2v) is 21.6. The molecule has 3 unspecified atom stereocenters. The summed E-state index contributed by atoms with van der Waals surface area (Å²) in [7, 11) is -3.75. The number of hydrogen-bond donors (Lipinski definition) is 3. The van der Waals surface area contributed by atoms with E-state index in [9.17, 15) is 57.2 Å². The molecule has 86 heavy (non-hydrogen) atoms. The summed E-state index contributed by atoms with van der Waals surface area (Å²) in [5.41, 5.74) is 3.28. The van der Waals surface area contributed by atoms with E-state index in [1.54, 1.807) is 12.1 Å². The third-order valence-electron chi connectivity index (χ3n) is 14.7. The highest BCUT2D eigenvalue weighted by molar-refractivity contribution is 7.85. The van der Waals surface area contributed by atoms with E-state index in [-0.39, 0.29) is 73.5 Å². The highest BCUT2D eigenvalue weighted by Crippen LogP contribution is 2.43. The predicted molar refractivity (Wildman–Crippen MR) is 317 cm³/mol. The third kappa shape index (κ3) is 16.2. The molecular formula is C60H70N8O17S. The van der Waals surface area contributed by atoms with Gasteiger partial charge in [0.2, 0.25) is 23.1 Å². The second-order valence-electron chi connectivity index (χ2n) is 20.2. The molecular weight excluding hydrogens is 1140 g/mol. The van der Waals surface area contributed by atoms with Crippen molar-refractivity contribution in [2.75, 3.05) is 70.2 Å². The quantitative estimate of drug-likeness (QED) is 0.00626. The number of amides is 4. The second kappa shape index (κ2) is 29.6. The Morgan fingerprint density at radius 1 is 0.826 bits per heavy atom. The minimum atomic E-state index is -5.04. The summed E-state index contributed by atoms with van der Waals surface area (Å²) >= 11 is 0. The van der Waals surface area contributed by atoms with Gasteiger partial charge in [-0.05, 0) is 108 Å². The molecule has 7 rings (SSSR count). The number of rotatable bonds is 28. The summed E-state index contributed by atoms with van der Waals surface area (Å²) in [5.74, 6) is -3.19. The number of anilines is 1. The first-order valence-corrected chi connectivity index (χ1v) is 29.9. The maximum Gasteiger partial charge on any atom is 0.514 e. The van der Waals surface area contributed by atoms with E-state index >= 15 is 0 Å². The van der Waals surface area contributed by atoms with Crippen LogP contribution in [0.1, 0.15) is 95.2 Å². The van der Waals surface area contributed by atoms with E-state index in [1.165, 1.54) is 37.1 Å². The molecule has 0 aromatic heterocycles. The van der Waals surface area contributed by atoms with Crippen molar-refractivity contribution in [3.05, 3.63) is 134 Å². The number of nitrogens with one attached hydrogen (secondary N) is 3.